The molecule has 8 heteroatoms. The molecule has 156 valence electrons. The number of unbranched alkanes of at least 4 members (excludes halogenated alkanes) is 2. The number of carbonyl (C=O) groups is 2. The number of halogens is 1. The molecule has 7 nitrogen and oxygen atoms in total. The number of carbonyl (C=O) groups excluding carboxylic acids is 1. The van der Waals surface area contributed by atoms with E-state index in [-0.39, 0.29) is 5.56 Å². The van der Waals surface area contributed by atoms with Crippen molar-refractivity contribution in [1.29, 1.82) is 0 Å². The first kappa shape index (κ1) is 21.4. The summed E-state index contributed by atoms with van der Waals surface area (Å²) in [5, 5.41) is 17.7. The van der Waals surface area contributed by atoms with Gasteiger partial charge in [0.1, 0.15) is 0 Å². The van der Waals surface area contributed by atoms with Crippen molar-refractivity contribution >= 4 is 40.7 Å². The minimum Gasteiger partial charge on any atom is -0.478 e. The Bertz CT molecular complexity index is 1090. The van der Waals surface area contributed by atoms with Crippen LogP contribution in [0.4, 0.5) is 4.79 Å². The zero-order chi connectivity index (χ0) is 21.5. The SMILES string of the molecule is CCCCCNC(=O)NN=Cc1c(Cl)ccc(C(=O)O)c1-c1ccc2[nH]ccc2c1. The summed E-state index contributed by atoms with van der Waals surface area (Å²) in [5.74, 6) is -1.08. The number of carboxylic acid groups (broad SMARTS) is 1. The van der Waals surface area contributed by atoms with Gasteiger partial charge in [0.05, 0.1) is 16.8 Å². The van der Waals surface area contributed by atoms with Crippen molar-refractivity contribution in [1.82, 2.24) is 15.7 Å². The average Bonchev–Trinajstić information content (AvgIpc) is 3.20. The molecule has 1 heterocycles. The molecule has 0 aliphatic rings. The van der Waals surface area contributed by atoms with Crippen LogP contribution in [0.3, 0.4) is 0 Å². The topological polar surface area (TPSA) is 107 Å². The third-order valence-electron chi connectivity index (χ3n) is 4.69. The molecule has 0 saturated carbocycles. The number of hydrazone groups is 1. The van der Waals surface area contributed by atoms with Crippen molar-refractivity contribution in [2.45, 2.75) is 26.2 Å². The number of H-pyrrole nitrogens is 1. The summed E-state index contributed by atoms with van der Waals surface area (Å²) in [4.78, 5) is 26.8. The Balaban J connectivity index is 1.91. The third-order valence-corrected chi connectivity index (χ3v) is 5.02. The maximum Gasteiger partial charge on any atom is 0.336 e. The molecule has 0 bridgehead atoms. The Kier molecular flexibility index (Phi) is 7.08. The monoisotopic (exact) mass is 426 g/mol. The largest absolute Gasteiger partial charge is 0.478 e. The van der Waals surface area contributed by atoms with Gasteiger partial charge in [0.15, 0.2) is 0 Å². The molecule has 4 N–H and O–H groups in total. The molecule has 0 radical (unpaired) electrons. The van der Waals surface area contributed by atoms with E-state index in [2.05, 4.69) is 27.8 Å². The summed E-state index contributed by atoms with van der Waals surface area (Å²) >= 11 is 6.37. The van der Waals surface area contributed by atoms with Gasteiger partial charge in [-0.1, -0.05) is 37.4 Å². The number of urea groups is 1. The van der Waals surface area contributed by atoms with E-state index in [1.54, 1.807) is 0 Å². The number of nitrogens with zero attached hydrogens (tertiary/aromatic N) is 1. The first-order chi connectivity index (χ1) is 14.5. The van der Waals surface area contributed by atoms with Crippen molar-refractivity contribution in [2.75, 3.05) is 6.54 Å². The van der Waals surface area contributed by atoms with Gasteiger partial charge in [-0.3, -0.25) is 0 Å². The summed E-state index contributed by atoms with van der Waals surface area (Å²) in [6, 6.07) is 10.0. The molecular formula is C22H23ClN4O3. The molecule has 3 aromatic rings. The fraction of sp³-hybridized carbons (Fsp3) is 0.227. The number of benzene rings is 2. The maximum absolute atomic E-state index is 11.9. The average molecular weight is 427 g/mol. The lowest BCUT2D eigenvalue weighted by Crippen LogP contribution is -2.32. The summed E-state index contributed by atoms with van der Waals surface area (Å²) in [5.41, 5.74) is 4.97. The van der Waals surface area contributed by atoms with Crippen LogP contribution in [0.1, 0.15) is 42.1 Å². The van der Waals surface area contributed by atoms with Gasteiger partial charge in [-0.25, -0.2) is 15.0 Å². The Morgan fingerprint density at radius 1 is 1.20 bits per heavy atom. The number of amides is 2. The van der Waals surface area contributed by atoms with Gasteiger partial charge < -0.3 is 15.4 Å². The predicted octanol–water partition coefficient (Wildman–Crippen LogP) is 5.01. The van der Waals surface area contributed by atoms with Crippen LogP contribution in [0.5, 0.6) is 0 Å². The van der Waals surface area contributed by atoms with Gasteiger partial charge in [-0.05, 0) is 47.7 Å². The van der Waals surface area contributed by atoms with Crippen molar-refractivity contribution in [3.05, 3.63) is 58.7 Å². The lowest BCUT2D eigenvalue weighted by molar-refractivity contribution is 0.0697. The fourth-order valence-corrected chi connectivity index (χ4v) is 3.40. The van der Waals surface area contributed by atoms with E-state index in [1.807, 2.05) is 30.5 Å². The standard InChI is InChI=1S/C22H23ClN4O3/c1-2-3-4-10-25-22(30)27-26-13-17-18(23)7-6-16(21(28)29)20(17)15-5-8-19-14(12-15)9-11-24-19/h5-9,11-13,24H,2-4,10H2,1H3,(H,28,29)(H2,25,27,30). The maximum atomic E-state index is 11.9. The van der Waals surface area contributed by atoms with Crippen LogP contribution in [0.2, 0.25) is 5.02 Å². The van der Waals surface area contributed by atoms with E-state index < -0.39 is 12.0 Å². The lowest BCUT2D eigenvalue weighted by Gasteiger charge is -2.12. The van der Waals surface area contributed by atoms with E-state index >= 15 is 0 Å². The molecule has 3 rings (SSSR count). The van der Waals surface area contributed by atoms with Gasteiger partial charge in [0.25, 0.3) is 0 Å². The number of aromatic nitrogens is 1. The molecule has 1 aromatic heterocycles. The molecule has 0 fully saturated rings. The molecule has 0 unspecified atom stereocenters. The van der Waals surface area contributed by atoms with Gasteiger partial charge in [0, 0.05) is 29.4 Å². The molecule has 0 atom stereocenters. The van der Waals surface area contributed by atoms with E-state index in [0.29, 0.717) is 28.3 Å². The number of rotatable bonds is 8. The number of hydrogen-bond acceptors (Lipinski definition) is 3. The second-order valence-corrected chi connectivity index (χ2v) is 7.21. The Hall–Kier alpha value is -3.32. The number of fused-ring (bicyclic) bond motifs is 1. The van der Waals surface area contributed by atoms with Crippen LogP contribution in [0, 0.1) is 0 Å². The number of aromatic carboxylic acids is 1. The highest BCUT2D eigenvalue weighted by atomic mass is 35.5. The van der Waals surface area contributed by atoms with Gasteiger partial charge in [-0.2, -0.15) is 5.10 Å². The minimum atomic E-state index is -1.08. The number of carboxylic acids is 1. The highest BCUT2D eigenvalue weighted by Gasteiger charge is 2.18. The van der Waals surface area contributed by atoms with Crippen molar-refractivity contribution in [2.24, 2.45) is 5.10 Å². The Morgan fingerprint density at radius 2 is 2.03 bits per heavy atom. The van der Waals surface area contributed by atoms with Crippen LogP contribution in [0.25, 0.3) is 22.0 Å². The summed E-state index contributed by atoms with van der Waals surface area (Å²) in [6.07, 6.45) is 6.19. The first-order valence-electron chi connectivity index (χ1n) is 9.71. The molecule has 0 spiro atoms. The normalized spacial score (nSPS) is 11.1. The molecule has 0 aliphatic carbocycles. The van der Waals surface area contributed by atoms with Crippen molar-refractivity contribution in [3.63, 3.8) is 0 Å². The van der Waals surface area contributed by atoms with E-state index in [1.165, 1.54) is 18.3 Å². The molecule has 2 aromatic carbocycles. The summed E-state index contributed by atoms with van der Waals surface area (Å²) in [6.45, 7) is 2.65. The Morgan fingerprint density at radius 3 is 2.80 bits per heavy atom. The lowest BCUT2D eigenvalue weighted by atomic mass is 9.94. The molecule has 0 saturated heterocycles. The molecule has 2 amide bonds. The number of nitrogens with one attached hydrogen (secondary N) is 3. The quantitative estimate of drug-likeness (QED) is 0.231. The van der Waals surface area contributed by atoms with Gasteiger partial charge in [-0.15, -0.1) is 0 Å². The Labute approximate surface area is 179 Å². The highest BCUT2D eigenvalue weighted by molar-refractivity contribution is 6.34. The second-order valence-electron chi connectivity index (χ2n) is 6.80. The molecular weight excluding hydrogens is 404 g/mol. The van der Waals surface area contributed by atoms with Crippen LogP contribution >= 0.6 is 11.6 Å². The predicted molar refractivity (Wildman–Crippen MR) is 119 cm³/mol. The van der Waals surface area contributed by atoms with E-state index in [9.17, 15) is 14.7 Å². The van der Waals surface area contributed by atoms with Crippen molar-refractivity contribution in [3.8, 4) is 11.1 Å². The fourth-order valence-electron chi connectivity index (χ4n) is 3.19. The number of hydrogen-bond donors (Lipinski definition) is 4. The second kappa shape index (κ2) is 9.93. The van der Waals surface area contributed by atoms with E-state index in [0.717, 1.165) is 30.2 Å². The van der Waals surface area contributed by atoms with Crippen LogP contribution in [0.15, 0.2) is 47.7 Å². The van der Waals surface area contributed by atoms with Gasteiger partial charge >= 0.3 is 12.0 Å². The van der Waals surface area contributed by atoms with Crippen LogP contribution < -0.4 is 10.7 Å². The molecule has 30 heavy (non-hydrogen) atoms. The van der Waals surface area contributed by atoms with Crippen LogP contribution in [-0.4, -0.2) is 34.9 Å². The summed E-state index contributed by atoms with van der Waals surface area (Å²) < 4.78 is 0. The highest BCUT2D eigenvalue weighted by Crippen LogP contribution is 2.33. The zero-order valence-electron chi connectivity index (χ0n) is 16.5. The third kappa shape index (κ3) is 4.99. The summed E-state index contributed by atoms with van der Waals surface area (Å²) in [7, 11) is 0. The van der Waals surface area contributed by atoms with Crippen molar-refractivity contribution < 1.29 is 14.7 Å². The smallest absolute Gasteiger partial charge is 0.336 e. The minimum absolute atomic E-state index is 0.0970. The van der Waals surface area contributed by atoms with E-state index in [4.69, 9.17) is 11.6 Å². The zero-order valence-corrected chi connectivity index (χ0v) is 17.3. The van der Waals surface area contributed by atoms with Crippen LogP contribution in [-0.2, 0) is 0 Å². The first-order valence-corrected chi connectivity index (χ1v) is 10.1. The van der Waals surface area contributed by atoms with Gasteiger partial charge in [0.2, 0.25) is 0 Å². The molecule has 0 aliphatic heterocycles. The number of aromatic amines is 1.